The van der Waals surface area contributed by atoms with Crippen LogP contribution in [0.3, 0.4) is 0 Å². The highest BCUT2D eigenvalue weighted by atomic mass is 79.9. The monoisotopic (exact) mass is 243 g/mol. The van der Waals surface area contributed by atoms with Gasteiger partial charge in [0.15, 0.2) is 5.71 Å². The van der Waals surface area contributed by atoms with E-state index in [1.54, 1.807) is 24.3 Å². The first kappa shape index (κ1) is 9.73. The summed E-state index contributed by atoms with van der Waals surface area (Å²) in [5.41, 5.74) is -0.0371. The molecule has 0 radical (unpaired) electrons. The Bertz CT molecular complexity index is 362. The zero-order valence-corrected chi connectivity index (χ0v) is 8.02. The van der Waals surface area contributed by atoms with Crippen LogP contribution in [0.25, 0.3) is 0 Å². The first-order valence-electron chi connectivity index (χ1n) is 3.37. The predicted molar refractivity (Wildman–Crippen MR) is 50.1 cm³/mol. The number of hydrogen-bond donors (Lipinski definition) is 2. The molecule has 0 aliphatic heterocycles. The van der Waals surface area contributed by atoms with Gasteiger partial charge in [-0.3, -0.25) is 0 Å². The van der Waals surface area contributed by atoms with Crippen LogP contribution >= 0.6 is 15.9 Å². The van der Waals surface area contributed by atoms with E-state index in [2.05, 4.69) is 21.1 Å². The first-order valence-corrected chi connectivity index (χ1v) is 4.16. The molecule has 1 rings (SSSR count). The molecular formula is C8H6BrNO3. The molecule has 0 spiro atoms. The van der Waals surface area contributed by atoms with E-state index in [9.17, 15) is 4.79 Å². The fourth-order valence-corrected chi connectivity index (χ4v) is 1.34. The normalized spacial score (nSPS) is 11.3. The number of oxime groups is 1. The van der Waals surface area contributed by atoms with Gasteiger partial charge < -0.3 is 10.3 Å². The summed E-state index contributed by atoms with van der Waals surface area (Å²) in [5.74, 6) is -1.27. The number of hydrogen-bond acceptors (Lipinski definition) is 3. The molecule has 1 aromatic carbocycles. The van der Waals surface area contributed by atoms with Gasteiger partial charge in [0.2, 0.25) is 0 Å². The zero-order chi connectivity index (χ0) is 9.84. The fraction of sp³-hybridized carbons (Fsp3) is 0. The summed E-state index contributed by atoms with van der Waals surface area (Å²) in [4.78, 5) is 10.6. The van der Waals surface area contributed by atoms with Gasteiger partial charge >= 0.3 is 5.97 Å². The molecule has 0 unspecified atom stereocenters. The standard InChI is InChI=1S/C8H6BrNO3/c9-6-4-2-1-3-5(6)7(10-13)8(11)12/h1-4,13H,(H,11,12). The number of carbonyl (C=O) groups is 1. The largest absolute Gasteiger partial charge is 0.476 e. The average Bonchev–Trinajstić information content (AvgIpc) is 2.09. The molecule has 13 heavy (non-hydrogen) atoms. The second-order valence-electron chi connectivity index (χ2n) is 2.23. The summed E-state index contributed by atoms with van der Waals surface area (Å²) in [6.07, 6.45) is 0. The summed E-state index contributed by atoms with van der Waals surface area (Å²) < 4.78 is 0.574. The highest BCUT2D eigenvalue weighted by Crippen LogP contribution is 2.16. The van der Waals surface area contributed by atoms with E-state index in [-0.39, 0.29) is 5.71 Å². The molecule has 68 valence electrons. The van der Waals surface area contributed by atoms with Gasteiger partial charge in [-0.25, -0.2) is 4.79 Å². The van der Waals surface area contributed by atoms with Gasteiger partial charge in [0.05, 0.1) is 0 Å². The van der Waals surface area contributed by atoms with Crippen LogP contribution in [0.15, 0.2) is 33.9 Å². The van der Waals surface area contributed by atoms with E-state index >= 15 is 0 Å². The van der Waals surface area contributed by atoms with Crippen LogP contribution < -0.4 is 0 Å². The molecule has 0 saturated carbocycles. The number of benzene rings is 1. The third-order valence-corrected chi connectivity index (χ3v) is 2.12. The number of carboxylic acids is 1. The molecule has 0 atom stereocenters. The van der Waals surface area contributed by atoms with Gasteiger partial charge in [-0.2, -0.15) is 0 Å². The van der Waals surface area contributed by atoms with Crippen LogP contribution in [-0.2, 0) is 4.79 Å². The second-order valence-corrected chi connectivity index (χ2v) is 3.09. The first-order chi connectivity index (χ1) is 6.16. The molecule has 0 bridgehead atoms. The number of aliphatic carboxylic acids is 1. The smallest absolute Gasteiger partial charge is 0.358 e. The van der Waals surface area contributed by atoms with Crippen LogP contribution in [0.4, 0.5) is 0 Å². The Kier molecular flexibility index (Phi) is 3.02. The van der Waals surface area contributed by atoms with Crippen molar-refractivity contribution in [3.8, 4) is 0 Å². The van der Waals surface area contributed by atoms with Gasteiger partial charge in [0, 0.05) is 10.0 Å². The van der Waals surface area contributed by atoms with Crippen LogP contribution in [0, 0.1) is 0 Å². The molecule has 1 aromatic rings. The maximum Gasteiger partial charge on any atom is 0.358 e. The Morgan fingerprint density at radius 1 is 1.38 bits per heavy atom. The van der Waals surface area contributed by atoms with Gasteiger partial charge in [-0.1, -0.05) is 39.3 Å². The second kappa shape index (κ2) is 4.04. The summed E-state index contributed by atoms with van der Waals surface area (Å²) >= 11 is 3.15. The fourth-order valence-electron chi connectivity index (χ4n) is 0.865. The van der Waals surface area contributed by atoms with Gasteiger partial charge in [-0.15, -0.1) is 0 Å². The molecular weight excluding hydrogens is 238 g/mol. The Morgan fingerprint density at radius 2 is 2.00 bits per heavy atom. The molecule has 4 nitrogen and oxygen atoms in total. The van der Waals surface area contributed by atoms with Gasteiger partial charge in [-0.05, 0) is 6.07 Å². The summed E-state index contributed by atoms with van der Waals surface area (Å²) in [5, 5.41) is 19.8. The Balaban J connectivity index is 3.21. The Morgan fingerprint density at radius 3 is 2.46 bits per heavy atom. The minimum atomic E-state index is -1.27. The van der Waals surface area contributed by atoms with Crippen LogP contribution in [0.5, 0.6) is 0 Å². The van der Waals surface area contributed by atoms with Crippen molar-refractivity contribution in [2.75, 3.05) is 0 Å². The lowest BCUT2D eigenvalue weighted by Gasteiger charge is -2.00. The van der Waals surface area contributed by atoms with Crippen molar-refractivity contribution >= 4 is 27.6 Å². The maximum absolute atomic E-state index is 10.6. The van der Waals surface area contributed by atoms with Crippen molar-refractivity contribution in [2.24, 2.45) is 5.16 Å². The van der Waals surface area contributed by atoms with E-state index in [0.717, 1.165) is 0 Å². The third-order valence-electron chi connectivity index (χ3n) is 1.43. The molecule has 0 amide bonds. The van der Waals surface area contributed by atoms with E-state index in [1.165, 1.54) is 0 Å². The predicted octanol–water partition coefficient (Wildman–Crippen LogP) is 1.71. The summed E-state index contributed by atoms with van der Waals surface area (Å²) in [7, 11) is 0. The van der Waals surface area contributed by atoms with Crippen molar-refractivity contribution in [1.82, 2.24) is 0 Å². The molecule has 0 aliphatic carbocycles. The Hall–Kier alpha value is -1.36. The van der Waals surface area contributed by atoms with Crippen molar-refractivity contribution < 1.29 is 15.1 Å². The molecule has 0 aromatic heterocycles. The molecule has 5 heteroatoms. The van der Waals surface area contributed by atoms with Crippen LogP contribution in [0.2, 0.25) is 0 Å². The molecule has 0 heterocycles. The lowest BCUT2D eigenvalue weighted by Crippen LogP contribution is -2.14. The zero-order valence-electron chi connectivity index (χ0n) is 6.44. The molecule has 0 fully saturated rings. The van der Waals surface area contributed by atoms with E-state index < -0.39 is 5.97 Å². The van der Waals surface area contributed by atoms with Crippen LogP contribution in [-0.4, -0.2) is 22.0 Å². The highest BCUT2D eigenvalue weighted by molar-refractivity contribution is 9.10. The minimum absolute atomic E-state index is 0.345. The van der Waals surface area contributed by atoms with Crippen molar-refractivity contribution in [3.63, 3.8) is 0 Å². The quantitative estimate of drug-likeness (QED) is 0.472. The molecule has 2 N–H and O–H groups in total. The highest BCUT2D eigenvalue weighted by Gasteiger charge is 2.15. The van der Waals surface area contributed by atoms with E-state index in [0.29, 0.717) is 10.0 Å². The lowest BCUT2D eigenvalue weighted by molar-refractivity contribution is -0.129. The third kappa shape index (κ3) is 2.06. The number of nitrogens with zero attached hydrogens (tertiary/aromatic N) is 1. The van der Waals surface area contributed by atoms with Crippen LogP contribution in [0.1, 0.15) is 5.56 Å². The maximum atomic E-state index is 10.6. The number of carboxylic acid groups (broad SMARTS) is 1. The average molecular weight is 244 g/mol. The van der Waals surface area contributed by atoms with Crippen molar-refractivity contribution in [3.05, 3.63) is 34.3 Å². The number of rotatable bonds is 2. The summed E-state index contributed by atoms with van der Waals surface area (Å²) in [6.45, 7) is 0. The SMILES string of the molecule is O=C(O)C(=NO)c1ccccc1Br. The van der Waals surface area contributed by atoms with E-state index in [1.807, 2.05) is 0 Å². The lowest BCUT2D eigenvalue weighted by atomic mass is 10.1. The van der Waals surface area contributed by atoms with Gasteiger partial charge in [0.25, 0.3) is 0 Å². The van der Waals surface area contributed by atoms with Crippen molar-refractivity contribution in [2.45, 2.75) is 0 Å². The molecule has 0 saturated heterocycles. The molecule has 0 aliphatic rings. The Labute approximate surface area is 82.6 Å². The van der Waals surface area contributed by atoms with Gasteiger partial charge in [0.1, 0.15) is 0 Å². The summed E-state index contributed by atoms with van der Waals surface area (Å²) in [6, 6.07) is 6.62. The minimum Gasteiger partial charge on any atom is -0.476 e. The van der Waals surface area contributed by atoms with E-state index in [4.69, 9.17) is 10.3 Å². The number of halogens is 1. The topological polar surface area (TPSA) is 69.9 Å². The van der Waals surface area contributed by atoms with Crippen molar-refractivity contribution in [1.29, 1.82) is 0 Å².